The molecule has 15 nitrogen and oxygen atoms in total. The van der Waals surface area contributed by atoms with Crippen LogP contribution in [0, 0.1) is 0 Å². The van der Waals surface area contributed by atoms with Crippen molar-refractivity contribution in [3.8, 4) is 0 Å². The summed E-state index contributed by atoms with van der Waals surface area (Å²) in [6, 6.07) is 23.8. The number of rotatable bonds is 34. The number of amides is 4. The molecule has 0 bridgehead atoms. The van der Waals surface area contributed by atoms with E-state index in [2.05, 4.69) is 41.5 Å². The summed E-state index contributed by atoms with van der Waals surface area (Å²) in [4.78, 5) is 159. The molecule has 0 spiro atoms. The summed E-state index contributed by atoms with van der Waals surface area (Å²) in [5.74, 6) is -2.47. The molecule has 3 aromatic heterocycles. The molecule has 0 N–H and O–H groups in total. The second-order valence-corrected chi connectivity index (χ2v) is 31.3. The van der Waals surface area contributed by atoms with Crippen LogP contribution in [0.15, 0.2) is 114 Å². The van der Waals surface area contributed by atoms with Gasteiger partial charge < -0.3 is 0 Å². The highest BCUT2D eigenvalue weighted by molar-refractivity contribution is 6.49. The molecular formula is C91H95N5O10. The van der Waals surface area contributed by atoms with Crippen molar-refractivity contribution < 1.29 is 19.2 Å². The van der Waals surface area contributed by atoms with E-state index in [4.69, 9.17) is 0 Å². The van der Waals surface area contributed by atoms with E-state index in [1.165, 1.54) is 14.0 Å². The van der Waals surface area contributed by atoms with Crippen LogP contribution in [0.3, 0.4) is 0 Å². The molecular weight excluding hydrogens is 1320 g/mol. The Bertz CT molecular complexity index is 5860. The first kappa shape index (κ1) is 70.5. The fraction of sp³-hybridized carbons (Fsp3) is 0.429. The molecule has 4 amide bonds. The zero-order valence-electron chi connectivity index (χ0n) is 62.3. The van der Waals surface area contributed by atoms with Gasteiger partial charge in [-0.1, -0.05) is 232 Å². The molecule has 0 unspecified atom stereocenters. The number of carbonyl (C=O) groups excluding carboxylic acids is 4. The Labute approximate surface area is 614 Å². The summed E-state index contributed by atoms with van der Waals surface area (Å²) in [5, 5.41) is 10.7. The highest BCUT2D eigenvalue weighted by Gasteiger charge is 2.42. The lowest BCUT2D eigenvalue weighted by Crippen LogP contribution is -2.55. The Morgan fingerprint density at radius 2 is 0.481 bits per heavy atom. The normalized spacial score (nSPS) is 13.9. The van der Waals surface area contributed by atoms with Crippen LogP contribution in [0.5, 0.6) is 0 Å². The predicted molar refractivity (Wildman–Crippen MR) is 433 cm³/mol. The van der Waals surface area contributed by atoms with Gasteiger partial charge in [-0.2, -0.15) is 9.69 Å². The van der Waals surface area contributed by atoms with Gasteiger partial charge in [0.25, 0.3) is 57.0 Å². The molecule has 14 aromatic rings. The standard InChI is InChI=1S/C91H95N5O10/c1-7-13-19-25-31-51(32-26-20-14-8-2)92-82(97)60-43-37-54-56-39-47-64-73-65(48-40-57(71(56)73)55-38-44-61(83(92)98)72(60)70(54)55)89(104)95(88(64)103)96-90(105)80-66-49-68-74-62(84(99)93(86(68)101)52(33-27-21-15-9-3)34-28-22-16-10-4)45-41-58-59-42-46-63-75-69(50-67(81(80)91(96)106)79(77(59)75)78(66)76(58)74)87(102)94(85(63)100)53(35-29-23-17-11-5)36-30-24-18-12-6/h37-53H,7-36H2,1-6H3. The van der Waals surface area contributed by atoms with Gasteiger partial charge >= 0.3 is 0 Å². The van der Waals surface area contributed by atoms with E-state index in [0.29, 0.717) is 127 Å². The number of hydrogen-bond donors (Lipinski definition) is 0. The van der Waals surface area contributed by atoms with Gasteiger partial charge in [0.15, 0.2) is 0 Å². The molecule has 0 saturated carbocycles. The molecule has 0 fully saturated rings. The van der Waals surface area contributed by atoms with Gasteiger partial charge in [-0.15, -0.1) is 0 Å². The van der Waals surface area contributed by atoms with Crippen LogP contribution >= 0.6 is 0 Å². The van der Waals surface area contributed by atoms with Crippen molar-refractivity contribution in [2.75, 3.05) is 5.01 Å². The molecule has 15 heteroatoms. The summed E-state index contributed by atoms with van der Waals surface area (Å²) in [6.45, 7) is 12.9. The van der Waals surface area contributed by atoms with Gasteiger partial charge in [0.1, 0.15) is 0 Å². The molecule has 544 valence electrons. The van der Waals surface area contributed by atoms with Crippen LogP contribution < -0.4 is 38.4 Å². The minimum absolute atomic E-state index is 0.0575. The number of benzene rings is 11. The summed E-state index contributed by atoms with van der Waals surface area (Å²) in [5.41, 5.74) is -2.80. The fourth-order valence-corrected chi connectivity index (χ4v) is 19.6. The number of carbonyl (C=O) groups is 4. The van der Waals surface area contributed by atoms with Gasteiger partial charge in [0, 0.05) is 72.3 Å². The summed E-state index contributed by atoms with van der Waals surface area (Å²) >= 11 is 0. The number of pyridine rings is 2. The van der Waals surface area contributed by atoms with Crippen LogP contribution in [-0.2, 0) is 0 Å². The minimum atomic E-state index is -0.992. The zero-order chi connectivity index (χ0) is 73.7. The second kappa shape index (κ2) is 28.5. The van der Waals surface area contributed by atoms with E-state index in [-0.39, 0.29) is 61.3 Å². The monoisotopic (exact) mass is 1420 g/mol. The first-order chi connectivity index (χ1) is 51.7. The number of imide groups is 2. The molecule has 5 heterocycles. The Morgan fingerprint density at radius 1 is 0.226 bits per heavy atom. The average Bonchev–Trinajstić information content (AvgIpc) is 1.16. The molecule has 0 saturated heterocycles. The van der Waals surface area contributed by atoms with Crippen LogP contribution in [-0.4, -0.2) is 48.4 Å². The fourth-order valence-electron chi connectivity index (χ4n) is 19.6. The van der Waals surface area contributed by atoms with Crippen molar-refractivity contribution in [1.82, 2.24) is 18.7 Å². The van der Waals surface area contributed by atoms with Gasteiger partial charge in [-0.05, 0) is 162 Å². The molecule has 11 aromatic carbocycles. The Balaban J connectivity index is 0.914. The molecule has 0 aliphatic carbocycles. The number of unbranched alkanes of at least 4 members (excludes halogenated alkanes) is 18. The van der Waals surface area contributed by atoms with E-state index < -0.39 is 57.3 Å². The van der Waals surface area contributed by atoms with Crippen molar-refractivity contribution >= 4 is 153 Å². The smallest absolute Gasteiger partial charge is 0.271 e. The summed E-state index contributed by atoms with van der Waals surface area (Å²) in [7, 11) is 0. The van der Waals surface area contributed by atoms with Gasteiger partial charge in [0.2, 0.25) is 0 Å². The van der Waals surface area contributed by atoms with E-state index in [1.807, 2.05) is 36.4 Å². The molecule has 0 atom stereocenters. The third-order valence-electron chi connectivity index (χ3n) is 24.8. The average molecular weight is 1420 g/mol. The van der Waals surface area contributed by atoms with Crippen molar-refractivity contribution in [3.05, 3.63) is 169 Å². The zero-order valence-corrected chi connectivity index (χ0v) is 62.3. The van der Waals surface area contributed by atoms with Gasteiger partial charge in [-0.25, -0.2) is 0 Å². The largest absolute Gasteiger partial charge is 0.281 e. The van der Waals surface area contributed by atoms with Crippen LogP contribution in [0.1, 0.15) is 288 Å². The minimum Gasteiger partial charge on any atom is -0.271 e. The third-order valence-corrected chi connectivity index (χ3v) is 24.8. The molecule has 2 aliphatic heterocycles. The van der Waals surface area contributed by atoms with Crippen molar-refractivity contribution in [3.63, 3.8) is 0 Å². The maximum Gasteiger partial charge on any atom is 0.281 e. The maximum absolute atomic E-state index is 16.5. The number of hydrogen-bond acceptors (Lipinski definition) is 10. The highest BCUT2D eigenvalue weighted by atomic mass is 16.2. The quantitative estimate of drug-likeness (QED) is 0.0162. The lowest BCUT2D eigenvalue weighted by Gasteiger charge is -2.35. The van der Waals surface area contributed by atoms with Gasteiger partial charge in [0.05, 0.1) is 21.9 Å². The van der Waals surface area contributed by atoms with E-state index in [9.17, 15) is 0 Å². The predicted octanol–water partition coefficient (Wildman–Crippen LogP) is 20.5. The lowest BCUT2D eigenvalue weighted by molar-refractivity contribution is 0.0516. The van der Waals surface area contributed by atoms with Crippen LogP contribution in [0.2, 0.25) is 0 Å². The number of aromatic nitrogens is 3. The number of nitrogens with zero attached hydrogens (tertiary/aromatic N) is 5. The third kappa shape index (κ3) is 10.7. The van der Waals surface area contributed by atoms with Crippen LogP contribution in [0.25, 0.3) is 129 Å². The Kier molecular flexibility index (Phi) is 19.0. The second-order valence-electron chi connectivity index (χ2n) is 31.3. The van der Waals surface area contributed by atoms with Crippen molar-refractivity contribution in [1.29, 1.82) is 0 Å². The topological polar surface area (TPSA) is 192 Å². The first-order valence-corrected chi connectivity index (χ1v) is 40.3. The molecule has 16 rings (SSSR count). The Hall–Kier alpha value is -9.76. The molecule has 106 heavy (non-hydrogen) atoms. The van der Waals surface area contributed by atoms with E-state index in [1.54, 1.807) is 48.5 Å². The highest BCUT2D eigenvalue weighted by Crippen LogP contribution is 2.52. The van der Waals surface area contributed by atoms with Gasteiger partial charge in [-0.3, -0.25) is 62.0 Å². The van der Waals surface area contributed by atoms with E-state index >= 15 is 47.9 Å². The number of fused-ring (bicyclic) bond motifs is 6. The Morgan fingerprint density at radius 3 is 0.802 bits per heavy atom. The summed E-state index contributed by atoms with van der Waals surface area (Å²) < 4.78 is 3.52. The van der Waals surface area contributed by atoms with Crippen molar-refractivity contribution in [2.45, 2.75) is 252 Å². The first-order valence-electron chi connectivity index (χ1n) is 40.3. The maximum atomic E-state index is 16.5. The SMILES string of the molecule is CCCCCCC(CCCCCC)N1C(=O)c2ccc3c4ccc5c6c(ccc(c7ccc(c2c37)C1=O)c64)C(=O)N(n1c(=O)c2c3cc4c(=O)n(C(CCCCCC)CCCCCC)c(=O)c6ccc7c8ccc9c(=O)n(C(CCCCCC)CCCCCC)c(=O)c%10cc(c2c1=O)c(c8c9%10)c3c7c64)C5=O. The van der Waals surface area contributed by atoms with E-state index in [0.717, 1.165) is 183 Å². The molecule has 2 aliphatic rings. The van der Waals surface area contributed by atoms with Crippen molar-refractivity contribution in [2.24, 2.45) is 0 Å². The lowest BCUT2D eigenvalue weighted by atomic mass is 9.81. The van der Waals surface area contributed by atoms with Crippen LogP contribution in [0.4, 0.5) is 0 Å². The summed E-state index contributed by atoms with van der Waals surface area (Å²) in [6.07, 6.45) is 27.3. The molecule has 0 radical (unpaired) electrons.